The molecule has 0 aromatic heterocycles. The van der Waals surface area contributed by atoms with Crippen molar-refractivity contribution >= 4 is 0 Å². The summed E-state index contributed by atoms with van der Waals surface area (Å²) < 4.78 is 12.2. The fourth-order valence-electron chi connectivity index (χ4n) is 3.39. The van der Waals surface area contributed by atoms with E-state index in [-0.39, 0.29) is 11.6 Å². The Morgan fingerprint density at radius 2 is 2.29 bits per heavy atom. The zero-order chi connectivity index (χ0) is 14.7. The topological polar surface area (TPSA) is 44.5 Å². The molecular formula is C18H27NO2. The van der Waals surface area contributed by atoms with Gasteiger partial charge in [0.2, 0.25) is 0 Å². The van der Waals surface area contributed by atoms with E-state index in [2.05, 4.69) is 31.2 Å². The van der Waals surface area contributed by atoms with Crippen molar-refractivity contribution in [1.82, 2.24) is 0 Å². The summed E-state index contributed by atoms with van der Waals surface area (Å²) in [5, 5.41) is 0. The molecule has 2 fully saturated rings. The standard InChI is InChI=1S/C18H27NO2/c1-2-15(19)11-14-5-3-6-16(12-14)21-17-7-10-20-18(13-17)8-4-9-18/h3,5-6,12,15,17H,2,4,7-11,13,19H2,1H3. The van der Waals surface area contributed by atoms with Gasteiger partial charge in [0.15, 0.2) is 0 Å². The van der Waals surface area contributed by atoms with Gasteiger partial charge in [-0.2, -0.15) is 0 Å². The van der Waals surface area contributed by atoms with Crippen LogP contribution in [0.15, 0.2) is 24.3 Å². The van der Waals surface area contributed by atoms with Gasteiger partial charge in [0.25, 0.3) is 0 Å². The molecule has 2 unspecified atom stereocenters. The smallest absolute Gasteiger partial charge is 0.119 e. The van der Waals surface area contributed by atoms with E-state index in [4.69, 9.17) is 15.2 Å². The molecule has 2 aliphatic rings. The minimum atomic E-state index is 0.144. The van der Waals surface area contributed by atoms with Crippen LogP contribution in [0, 0.1) is 0 Å². The van der Waals surface area contributed by atoms with Crippen LogP contribution >= 0.6 is 0 Å². The van der Waals surface area contributed by atoms with E-state index in [9.17, 15) is 0 Å². The molecule has 3 rings (SSSR count). The van der Waals surface area contributed by atoms with Gasteiger partial charge in [0.1, 0.15) is 11.9 Å². The van der Waals surface area contributed by atoms with E-state index in [0.29, 0.717) is 6.10 Å². The summed E-state index contributed by atoms with van der Waals surface area (Å²) in [5.74, 6) is 0.983. The van der Waals surface area contributed by atoms with Crippen LogP contribution in [-0.4, -0.2) is 24.4 Å². The normalized spacial score (nSPS) is 25.3. The Labute approximate surface area is 127 Å². The molecule has 3 nitrogen and oxygen atoms in total. The largest absolute Gasteiger partial charge is 0.490 e. The van der Waals surface area contributed by atoms with Crippen LogP contribution in [0.2, 0.25) is 0 Å². The Balaban J connectivity index is 1.60. The minimum absolute atomic E-state index is 0.144. The highest BCUT2D eigenvalue weighted by molar-refractivity contribution is 5.29. The summed E-state index contributed by atoms with van der Waals surface area (Å²) >= 11 is 0. The summed E-state index contributed by atoms with van der Waals surface area (Å²) in [4.78, 5) is 0. The van der Waals surface area contributed by atoms with Crippen molar-refractivity contribution in [2.45, 2.75) is 69.6 Å². The predicted molar refractivity (Wildman–Crippen MR) is 84.6 cm³/mol. The summed E-state index contributed by atoms with van der Waals surface area (Å²) in [6.45, 7) is 2.97. The number of nitrogens with two attached hydrogens (primary N) is 1. The summed E-state index contributed by atoms with van der Waals surface area (Å²) in [6.07, 6.45) is 7.99. The Morgan fingerprint density at radius 3 is 3.00 bits per heavy atom. The molecule has 1 aromatic carbocycles. The van der Waals surface area contributed by atoms with Gasteiger partial charge in [-0.25, -0.2) is 0 Å². The minimum Gasteiger partial charge on any atom is -0.490 e. The van der Waals surface area contributed by atoms with Gasteiger partial charge in [-0.1, -0.05) is 19.1 Å². The third kappa shape index (κ3) is 3.58. The molecule has 1 aromatic rings. The van der Waals surface area contributed by atoms with Gasteiger partial charge in [-0.3, -0.25) is 0 Å². The monoisotopic (exact) mass is 289 g/mol. The van der Waals surface area contributed by atoms with E-state index in [0.717, 1.165) is 38.0 Å². The molecule has 2 N–H and O–H groups in total. The van der Waals surface area contributed by atoms with Gasteiger partial charge >= 0.3 is 0 Å². The second kappa shape index (κ2) is 6.37. The first-order valence-electron chi connectivity index (χ1n) is 8.34. The molecular weight excluding hydrogens is 262 g/mol. The van der Waals surface area contributed by atoms with Crippen LogP contribution in [-0.2, 0) is 11.2 Å². The molecule has 1 aliphatic heterocycles. The number of hydrogen-bond donors (Lipinski definition) is 1. The van der Waals surface area contributed by atoms with Gasteiger partial charge in [0.05, 0.1) is 12.2 Å². The van der Waals surface area contributed by atoms with Crippen molar-refractivity contribution in [3.05, 3.63) is 29.8 Å². The predicted octanol–water partition coefficient (Wildman–Crippen LogP) is 3.45. The summed E-state index contributed by atoms with van der Waals surface area (Å²) in [7, 11) is 0. The molecule has 1 saturated carbocycles. The second-order valence-electron chi connectivity index (χ2n) is 6.64. The molecule has 0 amide bonds. The Bertz CT molecular complexity index is 470. The van der Waals surface area contributed by atoms with E-state index < -0.39 is 0 Å². The fourth-order valence-corrected chi connectivity index (χ4v) is 3.39. The highest BCUT2D eigenvalue weighted by Gasteiger charge is 2.43. The lowest BCUT2D eigenvalue weighted by Crippen LogP contribution is -2.48. The Hall–Kier alpha value is -1.06. The van der Waals surface area contributed by atoms with Crippen molar-refractivity contribution in [3.63, 3.8) is 0 Å². The lowest BCUT2D eigenvalue weighted by molar-refractivity contribution is -0.153. The number of rotatable bonds is 5. The molecule has 1 spiro atoms. The fraction of sp³-hybridized carbons (Fsp3) is 0.667. The maximum absolute atomic E-state index is 6.22. The maximum Gasteiger partial charge on any atom is 0.119 e. The molecule has 21 heavy (non-hydrogen) atoms. The average molecular weight is 289 g/mol. The lowest BCUT2D eigenvalue weighted by Gasteiger charge is -2.46. The number of benzene rings is 1. The van der Waals surface area contributed by atoms with Gasteiger partial charge < -0.3 is 15.2 Å². The van der Waals surface area contributed by atoms with Crippen molar-refractivity contribution in [3.8, 4) is 5.75 Å². The van der Waals surface area contributed by atoms with E-state index in [1.165, 1.54) is 24.8 Å². The molecule has 116 valence electrons. The number of ether oxygens (including phenoxy) is 2. The van der Waals surface area contributed by atoms with E-state index in [1.54, 1.807) is 0 Å². The molecule has 1 heterocycles. The maximum atomic E-state index is 6.22. The SMILES string of the molecule is CCC(N)Cc1cccc(OC2CCOC3(CCC3)C2)c1. The first-order valence-corrected chi connectivity index (χ1v) is 8.34. The van der Waals surface area contributed by atoms with Gasteiger partial charge in [0, 0.05) is 18.9 Å². The highest BCUT2D eigenvalue weighted by Crippen LogP contribution is 2.43. The zero-order valence-corrected chi connectivity index (χ0v) is 13.0. The number of hydrogen-bond acceptors (Lipinski definition) is 3. The first kappa shape index (κ1) is 14.9. The summed E-state index contributed by atoms with van der Waals surface area (Å²) in [6, 6.07) is 8.66. The molecule has 2 atom stereocenters. The van der Waals surface area contributed by atoms with Gasteiger partial charge in [-0.05, 0) is 49.8 Å². The highest BCUT2D eigenvalue weighted by atomic mass is 16.5. The van der Waals surface area contributed by atoms with Crippen LogP contribution < -0.4 is 10.5 Å². The zero-order valence-electron chi connectivity index (χ0n) is 13.0. The molecule has 3 heteroatoms. The molecule has 1 saturated heterocycles. The van der Waals surface area contributed by atoms with Crippen LogP contribution in [0.25, 0.3) is 0 Å². The molecule has 0 radical (unpaired) electrons. The third-order valence-electron chi connectivity index (χ3n) is 4.94. The van der Waals surface area contributed by atoms with E-state index in [1.807, 2.05) is 0 Å². The molecule has 0 bridgehead atoms. The van der Waals surface area contributed by atoms with Crippen molar-refractivity contribution in [2.24, 2.45) is 5.73 Å². The summed E-state index contributed by atoms with van der Waals surface area (Å²) in [5.41, 5.74) is 7.46. The van der Waals surface area contributed by atoms with Crippen LogP contribution in [0.5, 0.6) is 5.75 Å². The first-order chi connectivity index (χ1) is 10.2. The second-order valence-corrected chi connectivity index (χ2v) is 6.64. The average Bonchev–Trinajstić information content (AvgIpc) is 2.46. The van der Waals surface area contributed by atoms with Gasteiger partial charge in [-0.15, -0.1) is 0 Å². The van der Waals surface area contributed by atoms with Crippen molar-refractivity contribution < 1.29 is 9.47 Å². The molecule has 1 aliphatic carbocycles. The quantitative estimate of drug-likeness (QED) is 0.903. The van der Waals surface area contributed by atoms with Crippen molar-refractivity contribution in [2.75, 3.05) is 6.61 Å². The van der Waals surface area contributed by atoms with Crippen LogP contribution in [0.4, 0.5) is 0 Å². The third-order valence-corrected chi connectivity index (χ3v) is 4.94. The van der Waals surface area contributed by atoms with E-state index >= 15 is 0 Å². The Morgan fingerprint density at radius 1 is 1.43 bits per heavy atom. The van der Waals surface area contributed by atoms with Crippen molar-refractivity contribution in [1.29, 1.82) is 0 Å². The Kier molecular flexibility index (Phi) is 4.51. The van der Waals surface area contributed by atoms with Crippen LogP contribution in [0.3, 0.4) is 0 Å². The lowest BCUT2D eigenvalue weighted by atomic mass is 9.74. The van der Waals surface area contributed by atoms with Crippen LogP contribution in [0.1, 0.15) is 51.0 Å².